The molecule has 5 nitrogen and oxygen atoms in total. The van der Waals surface area contributed by atoms with Gasteiger partial charge in [-0.05, 0) is 34.3 Å². The van der Waals surface area contributed by atoms with Crippen molar-refractivity contribution >= 4 is 39.7 Å². The van der Waals surface area contributed by atoms with E-state index in [9.17, 15) is 0 Å². The van der Waals surface area contributed by atoms with Crippen LogP contribution in [0.1, 0.15) is 11.1 Å². The fourth-order valence-corrected chi connectivity index (χ4v) is 5.50. The second-order valence-electron chi connectivity index (χ2n) is 7.52. The maximum Gasteiger partial charge on any atom is 0.199 e. The standard InChI is InChI=1S/C27H24NS2.ClHO4/c1-28(2)24-18-16-21(17-19-24)10-9-15-25(22-11-5-3-6-12-22)27-29-20-26(30-27)23-13-7-4-8-14-23;2-1(3,4)5/h3-20H,1-2H3;(H,2,3,4,5)/q+1;/p-1/b15-9-,27-25+;. The van der Waals surface area contributed by atoms with Crippen molar-refractivity contribution in [2.45, 2.75) is 0 Å². The number of hydrogen-bond donors (Lipinski definition) is 0. The van der Waals surface area contributed by atoms with Crippen LogP contribution in [0.5, 0.6) is 0 Å². The predicted molar refractivity (Wildman–Crippen MR) is 136 cm³/mol. The molecule has 0 radical (unpaired) electrons. The second-order valence-corrected chi connectivity index (χ2v) is 10.5. The summed E-state index contributed by atoms with van der Waals surface area (Å²) in [6.07, 6.45) is 15.2. The molecule has 4 rings (SSSR count). The fourth-order valence-electron chi connectivity index (χ4n) is 3.14. The van der Waals surface area contributed by atoms with Gasteiger partial charge >= 0.3 is 0 Å². The molecular weight excluding hydrogens is 502 g/mol. The molecule has 1 aliphatic carbocycles. The molecule has 0 saturated carbocycles. The molecule has 2 aromatic carbocycles. The van der Waals surface area contributed by atoms with E-state index in [1.165, 1.54) is 37.1 Å². The van der Waals surface area contributed by atoms with E-state index in [1.807, 2.05) is 23.5 Å². The van der Waals surface area contributed by atoms with Crippen LogP contribution in [-0.2, 0) is 0 Å². The summed E-state index contributed by atoms with van der Waals surface area (Å²) in [4.78, 5) is 1.31. The zero-order valence-electron chi connectivity index (χ0n) is 19.2. The third-order valence-electron chi connectivity index (χ3n) is 4.80. The monoisotopic (exact) mass is 525 g/mol. The fraction of sp³-hybridized carbons (Fsp3) is 0.0741. The van der Waals surface area contributed by atoms with Crippen molar-refractivity contribution in [3.05, 3.63) is 130 Å². The smallest absolute Gasteiger partial charge is 0.199 e. The van der Waals surface area contributed by atoms with Gasteiger partial charge in [-0.2, -0.15) is 0 Å². The molecule has 1 heterocycles. The summed E-state index contributed by atoms with van der Waals surface area (Å²) in [5.41, 5.74) is 6.18. The van der Waals surface area contributed by atoms with Crippen LogP contribution in [0.15, 0.2) is 118 Å². The van der Waals surface area contributed by atoms with Crippen molar-refractivity contribution in [1.29, 1.82) is 0 Å². The van der Waals surface area contributed by atoms with Gasteiger partial charge < -0.3 is 0 Å². The van der Waals surface area contributed by atoms with Gasteiger partial charge in [0.2, 0.25) is 0 Å². The molecule has 0 aromatic heterocycles. The first-order valence-corrected chi connectivity index (χ1v) is 13.4. The van der Waals surface area contributed by atoms with Crippen molar-refractivity contribution in [3.63, 3.8) is 0 Å². The number of allylic oxidation sites excluding steroid dienone is 9. The highest BCUT2D eigenvalue weighted by molar-refractivity contribution is 8.31. The lowest BCUT2D eigenvalue weighted by atomic mass is 10.1. The summed E-state index contributed by atoms with van der Waals surface area (Å²) in [7, 11) is -0.822. The highest BCUT2D eigenvalue weighted by Gasteiger charge is 2.17. The van der Waals surface area contributed by atoms with Crippen molar-refractivity contribution in [2.75, 3.05) is 14.1 Å². The number of benzene rings is 2. The molecule has 35 heavy (non-hydrogen) atoms. The third kappa shape index (κ3) is 9.16. The Bertz CT molecular complexity index is 1210. The van der Waals surface area contributed by atoms with E-state index in [4.69, 9.17) is 18.6 Å². The number of nitrogens with zero attached hydrogens (tertiary/aromatic N) is 1. The van der Waals surface area contributed by atoms with Crippen LogP contribution in [0.3, 0.4) is 0 Å². The Kier molecular flexibility index (Phi) is 9.94. The summed E-state index contributed by atoms with van der Waals surface area (Å²) in [5, 5.41) is 2.26. The predicted octanol–water partition coefficient (Wildman–Crippen LogP) is 2.40. The highest BCUT2D eigenvalue weighted by atomic mass is 35.7. The van der Waals surface area contributed by atoms with Crippen molar-refractivity contribution in [2.24, 2.45) is 0 Å². The molecule has 0 bridgehead atoms. The Balaban J connectivity index is 0.000000623. The summed E-state index contributed by atoms with van der Waals surface area (Å²) >= 11 is 3.66. The second kappa shape index (κ2) is 12.9. The molecule has 0 N–H and O–H groups in total. The number of halogens is 1. The van der Waals surface area contributed by atoms with Crippen molar-refractivity contribution in [1.82, 2.24) is 0 Å². The van der Waals surface area contributed by atoms with Gasteiger partial charge in [-0.1, -0.05) is 102 Å². The third-order valence-corrected chi connectivity index (χ3v) is 7.25. The SMILES string of the molecule is C[N+](C)=C1C=CC(=C/C=C\C(=C2\SC=C(c3ccccc3)S2)c2ccccc2)C=C1.[O-][Cl+3]([O-])([O-])[O-]. The van der Waals surface area contributed by atoms with E-state index in [0.717, 1.165) is 0 Å². The topological polar surface area (TPSA) is 95.2 Å². The molecule has 0 amide bonds. The van der Waals surface area contributed by atoms with Crippen molar-refractivity contribution < 1.29 is 33.5 Å². The Labute approximate surface area is 216 Å². The van der Waals surface area contributed by atoms with Crippen LogP contribution < -0.4 is 18.6 Å². The van der Waals surface area contributed by atoms with Crippen LogP contribution in [0.4, 0.5) is 0 Å². The van der Waals surface area contributed by atoms with Gasteiger partial charge in [0.15, 0.2) is 5.71 Å². The van der Waals surface area contributed by atoms with Gasteiger partial charge in [0.05, 0.1) is 4.24 Å². The average Bonchev–Trinajstić information content (AvgIpc) is 3.32. The van der Waals surface area contributed by atoms with Gasteiger partial charge in [-0.25, -0.2) is 23.2 Å². The first-order chi connectivity index (χ1) is 16.7. The van der Waals surface area contributed by atoms with E-state index in [1.54, 1.807) is 0 Å². The van der Waals surface area contributed by atoms with Gasteiger partial charge in [-0.15, -0.1) is 10.2 Å². The molecule has 2 aliphatic rings. The van der Waals surface area contributed by atoms with E-state index >= 15 is 0 Å². The van der Waals surface area contributed by atoms with Gasteiger partial charge in [0.25, 0.3) is 0 Å². The Morgan fingerprint density at radius 1 is 0.829 bits per heavy atom. The lowest BCUT2D eigenvalue weighted by Gasteiger charge is -2.17. The molecule has 180 valence electrons. The number of thioether (sulfide) groups is 2. The minimum Gasteiger partial charge on any atom is -0.235 e. The van der Waals surface area contributed by atoms with Crippen LogP contribution in [-0.4, -0.2) is 24.4 Å². The maximum absolute atomic E-state index is 8.49. The summed E-state index contributed by atoms with van der Waals surface area (Å²) < 4.78 is 37.4. The average molecular weight is 526 g/mol. The van der Waals surface area contributed by atoms with Gasteiger partial charge in [-0.3, -0.25) is 0 Å². The van der Waals surface area contributed by atoms with Crippen LogP contribution in [0, 0.1) is 10.2 Å². The normalized spacial score (nSPS) is 16.7. The highest BCUT2D eigenvalue weighted by Crippen LogP contribution is 2.51. The Morgan fingerprint density at radius 2 is 1.40 bits per heavy atom. The van der Waals surface area contributed by atoms with Crippen LogP contribution in [0.2, 0.25) is 0 Å². The summed E-state index contributed by atoms with van der Waals surface area (Å²) in [6, 6.07) is 21.2. The lowest BCUT2D eigenvalue weighted by molar-refractivity contribution is -2.00. The van der Waals surface area contributed by atoms with Gasteiger partial charge in [0, 0.05) is 22.6 Å². The van der Waals surface area contributed by atoms with Crippen molar-refractivity contribution in [3.8, 4) is 0 Å². The van der Waals surface area contributed by atoms with E-state index in [2.05, 4.69) is 127 Å². The van der Waals surface area contributed by atoms with E-state index in [0.29, 0.717) is 0 Å². The Hall–Kier alpha value is -2.62. The largest absolute Gasteiger partial charge is 0.235 e. The summed E-state index contributed by atoms with van der Waals surface area (Å²) in [6.45, 7) is 0. The van der Waals surface area contributed by atoms with Crippen LogP contribution in [0.25, 0.3) is 10.5 Å². The molecule has 2 aromatic rings. The van der Waals surface area contributed by atoms with Crippen LogP contribution >= 0.6 is 23.5 Å². The molecule has 0 atom stereocenters. The van der Waals surface area contributed by atoms with E-state index in [-0.39, 0.29) is 0 Å². The molecule has 1 aliphatic heterocycles. The molecule has 8 heteroatoms. The molecular formula is C27H24ClNO4S2. The lowest BCUT2D eigenvalue weighted by Crippen LogP contribution is -2.68. The Morgan fingerprint density at radius 3 is 1.97 bits per heavy atom. The molecule has 0 unspecified atom stereocenters. The maximum atomic E-state index is 8.49. The molecule has 0 saturated heterocycles. The zero-order valence-corrected chi connectivity index (χ0v) is 21.6. The van der Waals surface area contributed by atoms with E-state index < -0.39 is 10.2 Å². The minimum absolute atomic E-state index is 1.20. The molecule has 0 spiro atoms. The zero-order chi connectivity index (χ0) is 25.3. The first-order valence-electron chi connectivity index (χ1n) is 10.5. The summed E-state index contributed by atoms with van der Waals surface area (Å²) in [5.74, 6) is 0. The number of rotatable bonds is 4. The first kappa shape index (κ1) is 27.0. The number of hydrogen-bond acceptors (Lipinski definition) is 6. The minimum atomic E-state index is -4.94. The molecule has 0 fully saturated rings. The van der Waals surface area contributed by atoms with Gasteiger partial charge in [0.1, 0.15) is 14.1 Å². The quantitative estimate of drug-likeness (QED) is 0.569.